The lowest BCUT2D eigenvalue weighted by atomic mass is 10.00. The van der Waals surface area contributed by atoms with E-state index in [9.17, 15) is 14.7 Å². The maximum absolute atomic E-state index is 13.5. The molecule has 1 aliphatic rings. The van der Waals surface area contributed by atoms with Gasteiger partial charge in [-0.15, -0.1) is 0 Å². The molecule has 1 aliphatic heterocycles. The zero-order chi connectivity index (χ0) is 22.9. The van der Waals surface area contributed by atoms with Crippen molar-refractivity contribution in [1.29, 1.82) is 0 Å². The Morgan fingerprint density at radius 3 is 2.52 bits per heavy atom. The van der Waals surface area contributed by atoms with Gasteiger partial charge >= 0.3 is 5.65 Å². The number of aliphatic hydroxyl groups excluding tert-OH is 1. The topological polar surface area (TPSA) is 69.1 Å². The molecular weight excluding hydrogens is 416 g/mol. The van der Waals surface area contributed by atoms with Crippen LogP contribution in [0.4, 0.5) is 17.1 Å². The number of pyridine rings is 1. The van der Waals surface area contributed by atoms with Gasteiger partial charge in [0.1, 0.15) is 17.9 Å². The minimum absolute atomic E-state index is 0.0440. The molecule has 1 N–H and O–H groups in total. The average molecular weight is 439 g/mol. The van der Waals surface area contributed by atoms with Gasteiger partial charge < -0.3 is 10.0 Å². The van der Waals surface area contributed by atoms with Crippen LogP contribution < -0.4 is 19.8 Å². The van der Waals surface area contributed by atoms with Crippen LogP contribution in [0.3, 0.4) is 0 Å². The molecule has 164 valence electrons. The highest BCUT2D eigenvalue weighted by atomic mass is 16.3. The maximum atomic E-state index is 13.5. The Bertz CT molecular complexity index is 1620. The minimum Gasteiger partial charge on any atom is -0.395 e. The molecule has 2 aromatic heterocycles. The van der Waals surface area contributed by atoms with Crippen LogP contribution >= 0.6 is 0 Å². The molecule has 7 heteroatoms. The van der Waals surface area contributed by atoms with Gasteiger partial charge in [-0.2, -0.15) is 4.40 Å². The standard InChI is InChI=1S/C26H23N4O3/c1-3-28(14-15-31)16-4-6-17(7-5-16)30-21-11-10-20-22-18(8-9-19(23(21)22)26(30)33)24(32)25-27(2)12-13-29(20)25/h4-13,31H,3,14-15H2,1-2H3/q+1. The van der Waals surface area contributed by atoms with E-state index in [4.69, 9.17) is 0 Å². The van der Waals surface area contributed by atoms with E-state index >= 15 is 0 Å². The Kier molecular flexibility index (Phi) is 4.19. The summed E-state index contributed by atoms with van der Waals surface area (Å²) in [6, 6.07) is 15.3. The lowest BCUT2D eigenvalue weighted by molar-refractivity contribution is -0.644. The van der Waals surface area contributed by atoms with Crippen molar-refractivity contribution in [2.75, 3.05) is 29.5 Å². The molecule has 0 unspecified atom stereocenters. The number of rotatable bonds is 5. The van der Waals surface area contributed by atoms with Crippen LogP contribution in [0.1, 0.15) is 17.3 Å². The fraction of sp³-hybridized carbons (Fsp3) is 0.192. The molecule has 0 saturated carbocycles. The van der Waals surface area contributed by atoms with E-state index in [2.05, 4.69) is 4.90 Å². The van der Waals surface area contributed by atoms with Crippen molar-refractivity contribution in [2.45, 2.75) is 6.92 Å². The van der Waals surface area contributed by atoms with E-state index in [1.165, 1.54) is 0 Å². The molecule has 7 nitrogen and oxygen atoms in total. The number of carbonyl (C=O) groups is 1. The SMILES string of the molecule is CCN(CCO)c1ccc(N2C(=O)c3ccc4c(=O)c5n(cc[n+]5C)c5ccc2c3c45)cc1. The highest BCUT2D eigenvalue weighted by molar-refractivity contribution is 6.32. The van der Waals surface area contributed by atoms with Crippen molar-refractivity contribution in [2.24, 2.45) is 7.05 Å². The van der Waals surface area contributed by atoms with Crippen molar-refractivity contribution < 1.29 is 14.5 Å². The van der Waals surface area contributed by atoms with Gasteiger partial charge in [-0.25, -0.2) is 4.57 Å². The van der Waals surface area contributed by atoms with Crippen LogP contribution in [-0.4, -0.2) is 35.1 Å². The summed E-state index contributed by atoms with van der Waals surface area (Å²) in [6.07, 6.45) is 3.76. The zero-order valence-electron chi connectivity index (χ0n) is 18.4. The number of hydrogen-bond donors (Lipinski definition) is 1. The number of amides is 1. The number of benzene rings is 3. The molecule has 3 aromatic carbocycles. The van der Waals surface area contributed by atoms with Gasteiger partial charge in [0.15, 0.2) is 0 Å². The van der Waals surface area contributed by atoms with Crippen molar-refractivity contribution in [3.05, 3.63) is 76.7 Å². The van der Waals surface area contributed by atoms with E-state index in [1.54, 1.807) is 17.0 Å². The average Bonchev–Trinajstić information content (AvgIpc) is 3.36. The van der Waals surface area contributed by atoms with E-state index in [0.717, 1.165) is 39.9 Å². The predicted octanol–water partition coefficient (Wildman–Crippen LogP) is 2.98. The number of hydrogen-bond acceptors (Lipinski definition) is 4. The smallest absolute Gasteiger partial charge is 0.335 e. The minimum atomic E-state index is -0.0968. The zero-order valence-corrected chi connectivity index (χ0v) is 18.4. The fourth-order valence-electron chi connectivity index (χ4n) is 5.17. The monoisotopic (exact) mass is 439 g/mol. The molecule has 5 aromatic rings. The number of anilines is 3. The number of aryl methyl sites for hydroxylation is 1. The quantitative estimate of drug-likeness (QED) is 0.428. The maximum Gasteiger partial charge on any atom is 0.335 e. The number of aromatic nitrogens is 2. The molecule has 0 bridgehead atoms. The third-order valence-electron chi connectivity index (χ3n) is 6.72. The van der Waals surface area contributed by atoms with Gasteiger partial charge in [0.2, 0.25) is 0 Å². The summed E-state index contributed by atoms with van der Waals surface area (Å²) >= 11 is 0. The Labute approximate surface area is 189 Å². The van der Waals surface area contributed by atoms with E-state index in [0.29, 0.717) is 23.1 Å². The summed E-state index contributed by atoms with van der Waals surface area (Å²) < 4.78 is 3.73. The van der Waals surface area contributed by atoms with Crippen LogP contribution in [0, 0.1) is 0 Å². The second kappa shape index (κ2) is 7.02. The predicted molar refractivity (Wildman–Crippen MR) is 129 cm³/mol. The first-order chi connectivity index (χ1) is 16.0. The number of aliphatic hydroxyl groups is 1. The molecular formula is C26H23N4O3+. The fourth-order valence-corrected chi connectivity index (χ4v) is 5.17. The van der Waals surface area contributed by atoms with E-state index in [1.807, 2.05) is 71.7 Å². The van der Waals surface area contributed by atoms with Crippen LogP contribution in [0.25, 0.3) is 27.3 Å². The van der Waals surface area contributed by atoms with Gasteiger partial charge in [-0.1, -0.05) is 0 Å². The van der Waals surface area contributed by atoms with Crippen molar-refractivity contribution in [1.82, 2.24) is 4.40 Å². The molecule has 0 spiro atoms. The first-order valence-electron chi connectivity index (χ1n) is 11.1. The molecule has 0 fully saturated rings. The highest BCUT2D eigenvalue weighted by Crippen LogP contribution is 2.44. The van der Waals surface area contributed by atoms with E-state index < -0.39 is 0 Å². The summed E-state index contributed by atoms with van der Waals surface area (Å²) in [5, 5.41) is 11.6. The Morgan fingerprint density at radius 2 is 1.79 bits per heavy atom. The molecule has 0 radical (unpaired) electrons. The van der Waals surface area contributed by atoms with Crippen LogP contribution in [0.5, 0.6) is 0 Å². The molecule has 0 aliphatic carbocycles. The van der Waals surface area contributed by atoms with Crippen molar-refractivity contribution in [3.63, 3.8) is 0 Å². The summed E-state index contributed by atoms with van der Waals surface area (Å²) in [7, 11) is 1.86. The number of fused-ring (bicyclic) bond motifs is 2. The number of carbonyl (C=O) groups excluding carboxylic acids is 1. The molecule has 0 saturated heterocycles. The number of imidazole rings is 1. The molecule has 0 atom stereocenters. The van der Waals surface area contributed by atoms with Crippen molar-refractivity contribution >= 4 is 50.3 Å². The van der Waals surface area contributed by atoms with Gasteiger partial charge in [0.25, 0.3) is 11.3 Å². The number of nitrogens with zero attached hydrogens (tertiary/aromatic N) is 4. The third-order valence-corrected chi connectivity index (χ3v) is 6.72. The van der Waals surface area contributed by atoms with Crippen LogP contribution in [0.15, 0.2) is 65.7 Å². The largest absolute Gasteiger partial charge is 0.395 e. The summed E-state index contributed by atoms with van der Waals surface area (Å²) in [5.41, 5.74) is 4.63. The van der Waals surface area contributed by atoms with E-state index in [-0.39, 0.29) is 17.9 Å². The second-order valence-corrected chi connectivity index (χ2v) is 8.41. The Balaban J connectivity index is 1.56. The lowest BCUT2D eigenvalue weighted by Gasteiger charge is -2.23. The lowest BCUT2D eigenvalue weighted by Crippen LogP contribution is -2.31. The second-order valence-electron chi connectivity index (χ2n) is 8.41. The first-order valence-corrected chi connectivity index (χ1v) is 11.1. The number of likely N-dealkylation sites (N-methyl/N-ethyl adjacent to an activating group) is 1. The summed E-state index contributed by atoms with van der Waals surface area (Å²) in [5.74, 6) is -0.0968. The van der Waals surface area contributed by atoms with Gasteiger partial charge in [-0.3, -0.25) is 14.5 Å². The highest BCUT2D eigenvalue weighted by Gasteiger charge is 2.34. The molecule has 3 heterocycles. The molecule has 33 heavy (non-hydrogen) atoms. The third kappa shape index (κ3) is 2.57. The van der Waals surface area contributed by atoms with Gasteiger partial charge in [0.05, 0.1) is 24.9 Å². The Hall–Kier alpha value is -3.97. The summed E-state index contributed by atoms with van der Waals surface area (Å²) in [4.78, 5) is 30.6. The summed E-state index contributed by atoms with van der Waals surface area (Å²) in [6.45, 7) is 3.47. The first kappa shape index (κ1) is 19.7. The Morgan fingerprint density at radius 1 is 1.00 bits per heavy atom. The van der Waals surface area contributed by atoms with Crippen LogP contribution in [0.2, 0.25) is 0 Å². The van der Waals surface area contributed by atoms with Crippen LogP contribution in [-0.2, 0) is 7.05 Å². The van der Waals surface area contributed by atoms with Gasteiger partial charge in [0, 0.05) is 40.6 Å². The van der Waals surface area contributed by atoms with Crippen molar-refractivity contribution in [3.8, 4) is 0 Å². The molecule has 6 rings (SSSR count). The molecule has 1 amide bonds. The normalized spacial score (nSPS) is 13.2. The van der Waals surface area contributed by atoms with Gasteiger partial charge in [-0.05, 0) is 55.5 Å².